The Morgan fingerprint density at radius 3 is 2.44 bits per heavy atom. The van der Waals surface area contributed by atoms with Gasteiger partial charge in [-0.05, 0) is 18.8 Å². The van der Waals surface area contributed by atoms with Gasteiger partial charge in [-0.3, -0.25) is 14.9 Å². The molecule has 0 spiro atoms. The van der Waals surface area contributed by atoms with E-state index in [1.54, 1.807) is 0 Å². The fraction of sp³-hybridized carbons (Fsp3) is 0.750. The highest BCUT2D eigenvalue weighted by Crippen LogP contribution is 2.28. The molecule has 0 unspecified atom stereocenters. The van der Waals surface area contributed by atoms with Gasteiger partial charge >= 0.3 is 12.0 Å². The fourth-order valence-electron chi connectivity index (χ4n) is 1.80. The maximum Gasteiger partial charge on any atom is 0.321 e. The summed E-state index contributed by atoms with van der Waals surface area (Å²) in [5, 5.41) is 13.2. The third kappa shape index (κ3) is 6.22. The summed E-state index contributed by atoms with van der Waals surface area (Å²) >= 11 is 0. The van der Waals surface area contributed by atoms with Gasteiger partial charge in [-0.2, -0.15) is 0 Å². The summed E-state index contributed by atoms with van der Waals surface area (Å²) in [6.07, 6.45) is 4.95. The molecular formula is C12H20N2O4. The highest BCUT2D eigenvalue weighted by atomic mass is 16.4. The zero-order chi connectivity index (χ0) is 13.4. The lowest BCUT2D eigenvalue weighted by Crippen LogP contribution is -2.40. The summed E-state index contributed by atoms with van der Waals surface area (Å²) in [5.41, 5.74) is 0. The molecular weight excluding hydrogens is 236 g/mol. The Morgan fingerprint density at radius 2 is 1.89 bits per heavy atom. The predicted octanol–water partition coefficient (Wildman–Crippen LogP) is 1.26. The van der Waals surface area contributed by atoms with Crippen LogP contribution in [0.25, 0.3) is 0 Å². The summed E-state index contributed by atoms with van der Waals surface area (Å²) in [4.78, 5) is 32.7. The Balaban J connectivity index is 1.99. The molecule has 0 aromatic rings. The van der Waals surface area contributed by atoms with Gasteiger partial charge in [-0.15, -0.1) is 0 Å². The van der Waals surface area contributed by atoms with E-state index in [4.69, 9.17) is 5.11 Å². The molecule has 3 N–H and O–H groups in total. The zero-order valence-electron chi connectivity index (χ0n) is 10.4. The van der Waals surface area contributed by atoms with Gasteiger partial charge in [0.2, 0.25) is 5.91 Å². The van der Waals surface area contributed by atoms with Gasteiger partial charge < -0.3 is 10.4 Å². The first-order valence-corrected chi connectivity index (χ1v) is 6.37. The smallest absolute Gasteiger partial charge is 0.321 e. The van der Waals surface area contributed by atoms with Crippen LogP contribution in [0.3, 0.4) is 0 Å². The van der Waals surface area contributed by atoms with Gasteiger partial charge in [-0.25, -0.2) is 4.79 Å². The molecule has 6 heteroatoms. The molecule has 0 aromatic carbocycles. The van der Waals surface area contributed by atoms with Crippen LogP contribution < -0.4 is 10.6 Å². The van der Waals surface area contributed by atoms with Crippen molar-refractivity contribution in [1.29, 1.82) is 0 Å². The predicted molar refractivity (Wildman–Crippen MR) is 65.0 cm³/mol. The molecule has 0 bridgehead atoms. The van der Waals surface area contributed by atoms with Crippen LogP contribution in [0.5, 0.6) is 0 Å². The number of urea groups is 1. The Hall–Kier alpha value is -1.59. The third-order valence-electron chi connectivity index (χ3n) is 3.11. The second-order valence-corrected chi connectivity index (χ2v) is 4.64. The van der Waals surface area contributed by atoms with Gasteiger partial charge in [-0.1, -0.05) is 19.3 Å². The first-order chi connectivity index (χ1) is 8.58. The first-order valence-electron chi connectivity index (χ1n) is 6.37. The Bertz CT molecular complexity index is 313. The van der Waals surface area contributed by atoms with Crippen molar-refractivity contribution in [2.45, 2.75) is 44.9 Å². The van der Waals surface area contributed by atoms with Gasteiger partial charge in [0.1, 0.15) is 0 Å². The van der Waals surface area contributed by atoms with Crippen molar-refractivity contribution >= 4 is 17.9 Å². The quantitative estimate of drug-likeness (QED) is 0.639. The lowest BCUT2D eigenvalue weighted by atomic mass is 9.83. The number of carboxylic acids is 1. The summed E-state index contributed by atoms with van der Waals surface area (Å²) < 4.78 is 0. The topological polar surface area (TPSA) is 95.5 Å². The number of hydrogen-bond donors (Lipinski definition) is 3. The van der Waals surface area contributed by atoms with Crippen LogP contribution in [-0.4, -0.2) is 29.6 Å². The molecule has 0 saturated heterocycles. The Labute approximate surface area is 106 Å². The van der Waals surface area contributed by atoms with Gasteiger partial charge in [0, 0.05) is 19.4 Å². The fourth-order valence-corrected chi connectivity index (χ4v) is 1.80. The molecule has 102 valence electrons. The summed E-state index contributed by atoms with van der Waals surface area (Å²) in [6.45, 7) is 0.582. The zero-order valence-corrected chi connectivity index (χ0v) is 10.4. The summed E-state index contributed by atoms with van der Waals surface area (Å²) in [5.74, 6) is -0.651. The Kier molecular flexibility index (Phi) is 6.18. The highest BCUT2D eigenvalue weighted by molar-refractivity contribution is 5.94. The van der Waals surface area contributed by atoms with Gasteiger partial charge in [0.25, 0.3) is 0 Å². The van der Waals surface area contributed by atoms with E-state index in [1.807, 2.05) is 0 Å². The third-order valence-corrected chi connectivity index (χ3v) is 3.11. The molecule has 1 fully saturated rings. The van der Waals surface area contributed by atoms with Crippen LogP contribution in [0.2, 0.25) is 0 Å². The normalized spacial score (nSPS) is 14.7. The number of rotatable bonds is 7. The molecule has 1 aliphatic rings. The monoisotopic (exact) mass is 256 g/mol. The van der Waals surface area contributed by atoms with Crippen molar-refractivity contribution in [3.63, 3.8) is 0 Å². The molecule has 0 radical (unpaired) electrons. The molecule has 1 rings (SSSR count). The highest BCUT2D eigenvalue weighted by Gasteiger charge is 2.17. The summed E-state index contributed by atoms with van der Waals surface area (Å²) in [7, 11) is 0. The standard InChI is InChI=1S/C12H20N2O4/c15-10(5-2-6-11(16)17)14-12(18)13-8-7-9-3-1-4-9/h9H,1-8H2,(H,16,17)(H2,13,14,15,18). The molecule has 6 nitrogen and oxygen atoms in total. The molecule has 0 aromatic heterocycles. The maximum absolute atomic E-state index is 11.3. The van der Waals surface area contributed by atoms with Gasteiger partial charge in [0.05, 0.1) is 0 Å². The van der Waals surface area contributed by atoms with E-state index in [9.17, 15) is 14.4 Å². The van der Waals surface area contributed by atoms with Crippen molar-refractivity contribution in [3.05, 3.63) is 0 Å². The van der Waals surface area contributed by atoms with Crippen LogP contribution in [-0.2, 0) is 9.59 Å². The maximum atomic E-state index is 11.3. The van der Waals surface area contributed by atoms with E-state index >= 15 is 0 Å². The second-order valence-electron chi connectivity index (χ2n) is 4.64. The number of carbonyl (C=O) groups excluding carboxylic acids is 2. The van der Waals surface area contributed by atoms with E-state index < -0.39 is 17.9 Å². The largest absolute Gasteiger partial charge is 0.481 e. The lowest BCUT2D eigenvalue weighted by Gasteiger charge is -2.25. The van der Waals surface area contributed by atoms with Crippen LogP contribution in [0.4, 0.5) is 4.79 Å². The number of imide groups is 1. The van der Waals surface area contributed by atoms with E-state index in [2.05, 4.69) is 10.6 Å². The minimum absolute atomic E-state index is 0.0579. The van der Waals surface area contributed by atoms with Crippen molar-refractivity contribution in [1.82, 2.24) is 10.6 Å². The number of aliphatic carboxylic acids is 1. The molecule has 3 amide bonds. The lowest BCUT2D eigenvalue weighted by molar-refractivity contribution is -0.137. The van der Waals surface area contributed by atoms with E-state index in [1.165, 1.54) is 19.3 Å². The summed E-state index contributed by atoms with van der Waals surface area (Å²) in [6, 6.07) is -0.491. The molecule has 0 heterocycles. The van der Waals surface area contributed by atoms with E-state index in [-0.39, 0.29) is 19.3 Å². The Morgan fingerprint density at radius 1 is 1.17 bits per heavy atom. The minimum Gasteiger partial charge on any atom is -0.481 e. The number of carboxylic acid groups (broad SMARTS) is 1. The average Bonchev–Trinajstić information content (AvgIpc) is 2.21. The van der Waals surface area contributed by atoms with Crippen molar-refractivity contribution in [2.24, 2.45) is 5.92 Å². The molecule has 1 aliphatic carbocycles. The molecule has 18 heavy (non-hydrogen) atoms. The molecule has 1 saturated carbocycles. The van der Waals surface area contributed by atoms with Crippen molar-refractivity contribution < 1.29 is 19.5 Å². The van der Waals surface area contributed by atoms with Crippen LogP contribution >= 0.6 is 0 Å². The first kappa shape index (κ1) is 14.5. The SMILES string of the molecule is O=C(O)CCCC(=O)NC(=O)NCCC1CCC1. The van der Waals surface area contributed by atoms with E-state index in [0.717, 1.165) is 12.3 Å². The number of amides is 3. The molecule has 0 aliphatic heterocycles. The number of hydrogen-bond acceptors (Lipinski definition) is 3. The second kappa shape index (κ2) is 7.68. The van der Waals surface area contributed by atoms with E-state index in [0.29, 0.717) is 6.54 Å². The van der Waals surface area contributed by atoms with Gasteiger partial charge in [0.15, 0.2) is 0 Å². The number of carbonyl (C=O) groups is 3. The number of nitrogens with one attached hydrogen (secondary N) is 2. The van der Waals surface area contributed by atoms with Crippen LogP contribution in [0.15, 0.2) is 0 Å². The molecule has 0 atom stereocenters. The van der Waals surface area contributed by atoms with Crippen molar-refractivity contribution in [2.75, 3.05) is 6.54 Å². The minimum atomic E-state index is -0.937. The van der Waals surface area contributed by atoms with Crippen LogP contribution in [0.1, 0.15) is 44.9 Å². The van der Waals surface area contributed by atoms with Crippen LogP contribution in [0, 0.1) is 5.92 Å². The average molecular weight is 256 g/mol. The van der Waals surface area contributed by atoms with Crippen molar-refractivity contribution in [3.8, 4) is 0 Å².